The molecular formula is C14H17N2O3SY-. The quantitative estimate of drug-likeness (QED) is 0.484. The molecule has 1 N–H and O–H groups in total. The molecule has 2 heterocycles. The summed E-state index contributed by atoms with van der Waals surface area (Å²) in [5.41, 5.74) is 0.726. The molecule has 1 aliphatic rings. The van der Waals surface area contributed by atoms with Crippen LogP contribution >= 0.6 is 0 Å². The number of fused-ring (bicyclic) bond motifs is 1. The van der Waals surface area contributed by atoms with Gasteiger partial charge in [-0.25, -0.2) is 8.42 Å². The maximum absolute atomic E-state index is 12.5. The molecule has 111 valence electrons. The summed E-state index contributed by atoms with van der Waals surface area (Å²) in [6.07, 6.45) is 4.92. The van der Waals surface area contributed by atoms with Gasteiger partial charge in [0.05, 0.1) is 10.3 Å². The van der Waals surface area contributed by atoms with Crippen LogP contribution in [0.1, 0.15) is 5.56 Å². The second-order valence-corrected chi connectivity index (χ2v) is 6.56. The molecule has 0 atom stereocenters. The number of aryl methyl sites for hydroxylation is 1. The van der Waals surface area contributed by atoms with Crippen LogP contribution in [-0.2, 0) is 42.7 Å². The monoisotopic (exact) mass is 382 g/mol. The standard InChI is InChI=1S/C13H14N2O3S.CH3.Y/c1-10-8-14(16)9-11-4-2-5-12(13(10)11)19(17,18)15-6-3-7-15;;/h2-5,8-9,16H,6-7H2,1H3;1H3;/q;-1;. The van der Waals surface area contributed by atoms with Gasteiger partial charge < -0.3 is 7.43 Å². The van der Waals surface area contributed by atoms with Crippen molar-refractivity contribution in [3.8, 4) is 0 Å². The predicted molar refractivity (Wildman–Crippen MR) is 75.5 cm³/mol. The summed E-state index contributed by atoms with van der Waals surface area (Å²) in [4.78, 5) is 0.302. The van der Waals surface area contributed by atoms with Gasteiger partial charge in [0, 0.05) is 48.4 Å². The Labute approximate surface area is 150 Å². The second kappa shape index (κ2) is 6.69. The molecule has 21 heavy (non-hydrogen) atoms. The third-order valence-corrected chi connectivity index (χ3v) is 5.21. The number of nitrogens with zero attached hydrogens (tertiary/aromatic N) is 2. The number of sulfonamides is 1. The van der Waals surface area contributed by atoms with Crippen molar-refractivity contribution in [2.24, 2.45) is 0 Å². The molecule has 1 aliphatic heterocycles. The topological polar surface area (TPSA) is 61.5 Å². The van der Waals surface area contributed by atoms with Gasteiger partial charge in [0.15, 0.2) is 0 Å². The molecule has 3 rings (SSSR count). The number of aromatic nitrogens is 1. The van der Waals surface area contributed by atoms with E-state index in [1.165, 1.54) is 16.7 Å². The molecule has 0 bridgehead atoms. The maximum atomic E-state index is 12.5. The fourth-order valence-electron chi connectivity index (χ4n) is 2.31. The van der Waals surface area contributed by atoms with E-state index < -0.39 is 10.0 Å². The zero-order chi connectivity index (χ0) is 13.6. The summed E-state index contributed by atoms with van der Waals surface area (Å²) >= 11 is 0. The van der Waals surface area contributed by atoms with Crippen LogP contribution in [0.3, 0.4) is 0 Å². The van der Waals surface area contributed by atoms with Crippen LogP contribution in [0, 0.1) is 20.8 Å². The van der Waals surface area contributed by atoms with E-state index in [9.17, 15) is 13.6 Å². The van der Waals surface area contributed by atoms with Gasteiger partial charge in [-0.2, -0.15) is 0 Å². The summed E-state index contributed by atoms with van der Waals surface area (Å²) in [6, 6.07) is 5.10. The molecule has 2 aromatic rings. The van der Waals surface area contributed by atoms with Crippen molar-refractivity contribution in [1.29, 1.82) is 0 Å². The SMILES string of the molecule is Cc1c[n+](O)cc2cccc(S(=O)(=O)N3C[CH-]C3)c12.[CH3-].[Y]. The first-order valence-corrected chi connectivity index (χ1v) is 7.40. The van der Waals surface area contributed by atoms with Gasteiger partial charge in [0.25, 0.3) is 0 Å². The summed E-state index contributed by atoms with van der Waals surface area (Å²) in [5, 5.41) is 10.9. The Balaban J connectivity index is 0.00000110. The normalized spacial score (nSPS) is 14.9. The van der Waals surface area contributed by atoms with E-state index in [4.69, 9.17) is 0 Å². The Morgan fingerprint density at radius 1 is 1.29 bits per heavy atom. The molecule has 1 radical (unpaired) electrons. The van der Waals surface area contributed by atoms with E-state index in [1.807, 2.05) is 6.42 Å². The minimum absolute atomic E-state index is 0. The molecule has 0 aliphatic carbocycles. The van der Waals surface area contributed by atoms with Crippen molar-refractivity contribution in [1.82, 2.24) is 4.31 Å². The molecule has 1 aromatic carbocycles. The largest absolute Gasteiger partial charge is 0.358 e. The molecule has 1 fully saturated rings. The zero-order valence-electron chi connectivity index (χ0n) is 12.0. The van der Waals surface area contributed by atoms with Crippen LogP contribution in [0.15, 0.2) is 35.5 Å². The summed E-state index contributed by atoms with van der Waals surface area (Å²) in [5.74, 6) is 0. The second-order valence-electron chi connectivity index (χ2n) is 4.65. The summed E-state index contributed by atoms with van der Waals surface area (Å²) in [6.45, 7) is 2.71. The average molecular weight is 382 g/mol. The van der Waals surface area contributed by atoms with Gasteiger partial charge >= 0.3 is 0 Å². The molecule has 7 heteroatoms. The van der Waals surface area contributed by atoms with Crippen molar-refractivity contribution >= 4 is 20.8 Å². The average Bonchev–Trinajstić information content (AvgIpc) is 2.24. The van der Waals surface area contributed by atoms with Crippen LogP contribution in [0.5, 0.6) is 0 Å². The number of hydrogen-bond donors (Lipinski definition) is 1. The van der Waals surface area contributed by atoms with Crippen molar-refractivity contribution in [3.05, 3.63) is 50.0 Å². The Bertz CT molecular complexity index is 758. The Morgan fingerprint density at radius 2 is 1.95 bits per heavy atom. The van der Waals surface area contributed by atoms with Crippen LogP contribution in [0.2, 0.25) is 0 Å². The van der Waals surface area contributed by atoms with Crippen molar-refractivity contribution in [2.75, 3.05) is 13.1 Å². The van der Waals surface area contributed by atoms with Gasteiger partial charge in [-0.3, -0.25) is 15.9 Å². The number of pyridine rings is 1. The first-order valence-electron chi connectivity index (χ1n) is 5.96. The number of rotatable bonds is 2. The molecule has 0 spiro atoms. The molecule has 0 unspecified atom stereocenters. The molecule has 1 saturated heterocycles. The molecule has 1 aromatic heterocycles. The van der Waals surface area contributed by atoms with Gasteiger partial charge in [-0.05, 0) is 19.1 Å². The van der Waals surface area contributed by atoms with Gasteiger partial charge in [0.1, 0.15) is 0 Å². The van der Waals surface area contributed by atoms with Gasteiger partial charge in [0.2, 0.25) is 22.4 Å². The fraction of sp³-hybridized carbons (Fsp3) is 0.214. The van der Waals surface area contributed by atoms with E-state index in [2.05, 4.69) is 0 Å². The Hall–Kier alpha value is -0.556. The number of hydrogen-bond acceptors (Lipinski definition) is 3. The minimum atomic E-state index is -3.45. The summed E-state index contributed by atoms with van der Waals surface area (Å²) < 4.78 is 27.4. The number of benzene rings is 1. The first-order chi connectivity index (χ1) is 9.00. The van der Waals surface area contributed by atoms with Crippen LogP contribution in [-0.4, -0.2) is 31.0 Å². The third kappa shape index (κ3) is 3.13. The van der Waals surface area contributed by atoms with Crippen molar-refractivity contribution in [2.45, 2.75) is 11.8 Å². The minimum Gasteiger partial charge on any atom is -0.358 e. The Kier molecular flexibility index (Phi) is 5.89. The molecule has 5 nitrogen and oxygen atoms in total. The van der Waals surface area contributed by atoms with E-state index in [0.29, 0.717) is 28.8 Å². The van der Waals surface area contributed by atoms with Crippen molar-refractivity contribution in [3.63, 3.8) is 0 Å². The maximum Gasteiger partial charge on any atom is 0.238 e. The first kappa shape index (κ1) is 18.5. The van der Waals surface area contributed by atoms with Crippen LogP contribution in [0.25, 0.3) is 10.8 Å². The van der Waals surface area contributed by atoms with Crippen molar-refractivity contribution < 1.29 is 51.1 Å². The third-order valence-electron chi connectivity index (χ3n) is 3.33. The van der Waals surface area contributed by atoms with Gasteiger partial charge in [-0.15, -0.1) is 13.1 Å². The van der Waals surface area contributed by atoms with Crippen LogP contribution in [0.4, 0.5) is 0 Å². The fourth-order valence-corrected chi connectivity index (χ4v) is 3.97. The van der Waals surface area contributed by atoms with E-state index >= 15 is 0 Å². The summed E-state index contributed by atoms with van der Waals surface area (Å²) in [7, 11) is -3.45. The molecular weight excluding hydrogens is 365 g/mol. The van der Waals surface area contributed by atoms with Crippen LogP contribution < -0.4 is 4.73 Å². The van der Waals surface area contributed by atoms with E-state index in [-0.39, 0.29) is 40.1 Å². The zero-order valence-corrected chi connectivity index (χ0v) is 15.7. The van der Waals surface area contributed by atoms with Gasteiger partial charge in [-0.1, -0.05) is 6.07 Å². The van der Waals surface area contributed by atoms with E-state index in [0.717, 1.165) is 10.3 Å². The van der Waals surface area contributed by atoms with E-state index in [1.54, 1.807) is 25.1 Å². The predicted octanol–water partition coefficient (Wildman–Crippen LogP) is 1.33. The Morgan fingerprint density at radius 3 is 2.52 bits per heavy atom. The molecule has 0 saturated carbocycles. The molecule has 0 amide bonds. The smallest absolute Gasteiger partial charge is 0.238 e.